The number of nitrogens with zero attached hydrogens (tertiary/aromatic N) is 2. The van der Waals surface area contributed by atoms with Gasteiger partial charge in [-0.25, -0.2) is 14.7 Å². The normalized spacial score (nSPS) is 19.9. The molecule has 1 fully saturated rings. The van der Waals surface area contributed by atoms with Gasteiger partial charge in [-0.1, -0.05) is 12.1 Å². The lowest BCUT2D eigenvalue weighted by atomic mass is 9.90. The molecule has 1 aromatic heterocycles. The third-order valence-electron chi connectivity index (χ3n) is 4.64. The molecule has 1 aromatic carbocycles. The average molecular weight is 378 g/mol. The third kappa shape index (κ3) is 3.54. The lowest BCUT2D eigenvalue weighted by molar-refractivity contribution is -0.0788. The van der Waals surface area contributed by atoms with Crippen LogP contribution >= 0.6 is 11.3 Å². The average Bonchev–Trinajstić information content (AvgIpc) is 3.17. The molecule has 1 saturated heterocycles. The van der Waals surface area contributed by atoms with Crippen molar-refractivity contribution in [1.82, 2.24) is 9.88 Å². The summed E-state index contributed by atoms with van der Waals surface area (Å²) < 4.78 is 12.1. The first-order chi connectivity index (χ1) is 12.5. The Morgan fingerprint density at radius 3 is 2.88 bits per heavy atom. The van der Waals surface area contributed by atoms with Crippen molar-refractivity contribution in [1.29, 1.82) is 0 Å². The smallest absolute Gasteiger partial charge is 0.335 e. The highest BCUT2D eigenvalue weighted by atomic mass is 32.1. The number of carbonyl (C=O) groups is 2. The van der Waals surface area contributed by atoms with Crippen LogP contribution in [0.5, 0.6) is 0 Å². The van der Waals surface area contributed by atoms with Crippen LogP contribution < -0.4 is 11.3 Å². The van der Waals surface area contributed by atoms with Gasteiger partial charge < -0.3 is 10.3 Å². The molecule has 2 aromatic rings. The Balaban J connectivity index is 1.81. The van der Waals surface area contributed by atoms with Gasteiger partial charge in [0.1, 0.15) is 0 Å². The number of nitrogens with two attached hydrogens (primary N) is 1. The number of hydrogen-bond acceptors (Lipinski definition) is 7. The molecule has 9 heteroatoms. The number of likely N-dealkylation sites (tertiary alicyclic amines) is 1. The van der Waals surface area contributed by atoms with Crippen LogP contribution in [0.25, 0.3) is 0 Å². The molecule has 7 nitrogen and oxygen atoms in total. The quantitative estimate of drug-likeness (QED) is 0.627. The van der Waals surface area contributed by atoms with E-state index in [1.165, 1.54) is 0 Å². The number of nitrogen functional groups attached to an aromatic ring is 1. The Morgan fingerprint density at radius 2 is 2.15 bits per heavy atom. The van der Waals surface area contributed by atoms with Crippen LogP contribution in [0.3, 0.4) is 0 Å². The van der Waals surface area contributed by atoms with E-state index in [1.807, 2.05) is 6.92 Å². The van der Waals surface area contributed by atoms with E-state index < -0.39 is 5.97 Å². The van der Waals surface area contributed by atoms with Crippen molar-refractivity contribution < 1.29 is 19.1 Å². The van der Waals surface area contributed by atoms with Crippen molar-refractivity contribution >= 4 is 28.9 Å². The van der Waals surface area contributed by atoms with E-state index in [-0.39, 0.29) is 22.9 Å². The van der Waals surface area contributed by atoms with Crippen LogP contribution in [0.15, 0.2) is 29.6 Å². The predicted molar refractivity (Wildman–Crippen MR) is 95.4 cm³/mol. The van der Waals surface area contributed by atoms with Gasteiger partial charge in [-0.3, -0.25) is 10.6 Å². The number of hydrazine groups is 1. The standard InChI is InChI=1S/C17H19FN4O3S/c1-10-6-7-11(14-9-26-15(20-14)17(24)25-18)8-22(10)16(23)12-4-2-3-5-13(12)21-19/h2-5,9-11,21H,6-8,19H2,1H3/t10-,11?/m1/s1. The number of hydrogen-bond donors (Lipinski definition) is 2. The van der Waals surface area contributed by atoms with Gasteiger partial charge in [0.05, 0.1) is 16.9 Å². The Morgan fingerprint density at radius 1 is 1.38 bits per heavy atom. The lowest BCUT2D eigenvalue weighted by Gasteiger charge is -2.38. The van der Waals surface area contributed by atoms with Crippen molar-refractivity contribution in [3.05, 3.63) is 45.9 Å². The van der Waals surface area contributed by atoms with Crippen LogP contribution in [0.2, 0.25) is 0 Å². The molecule has 0 bridgehead atoms. The van der Waals surface area contributed by atoms with Gasteiger partial charge in [0.25, 0.3) is 5.91 Å². The van der Waals surface area contributed by atoms with E-state index in [4.69, 9.17) is 5.84 Å². The summed E-state index contributed by atoms with van der Waals surface area (Å²) in [7, 11) is 0. The van der Waals surface area contributed by atoms with Crippen molar-refractivity contribution in [2.24, 2.45) is 5.84 Å². The summed E-state index contributed by atoms with van der Waals surface area (Å²) in [4.78, 5) is 33.4. The topological polar surface area (TPSA) is 97.5 Å². The Hall–Kier alpha value is -2.52. The highest BCUT2D eigenvalue weighted by Gasteiger charge is 2.32. The summed E-state index contributed by atoms with van der Waals surface area (Å²) in [6.07, 6.45) is 1.63. The second-order valence-electron chi connectivity index (χ2n) is 6.21. The summed E-state index contributed by atoms with van der Waals surface area (Å²) >= 11 is 1.03. The van der Waals surface area contributed by atoms with Crippen molar-refractivity contribution in [3.8, 4) is 0 Å². The number of nitrogens with one attached hydrogen (secondary N) is 1. The number of anilines is 1. The number of piperidine rings is 1. The number of thiazole rings is 1. The summed E-state index contributed by atoms with van der Waals surface area (Å²) in [5.41, 5.74) is 4.29. The minimum Gasteiger partial charge on any atom is -0.335 e. The van der Waals surface area contributed by atoms with Gasteiger partial charge in [0.15, 0.2) is 0 Å². The molecule has 3 N–H and O–H groups in total. The van der Waals surface area contributed by atoms with Crippen molar-refractivity contribution in [3.63, 3.8) is 0 Å². The molecule has 0 spiro atoms. The number of amides is 1. The van der Waals surface area contributed by atoms with E-state index >= 15 is 0 Å². The Kier molecular flexibility index (Phi) is 5.48. The fourth-order valence-corrected chi connectivity index (χ4v) is 3.95. The minimum atomic E-state index is -1.10. The summed E-state index contributed by atoms with van der Waals surface area (Å²) in [5.74, 6) is 4.28. The fraction of sp³-hybridized carbons (Fsp3) is 0.353. The first-order valence-electron chi connectivity index (χ1n) is 8.20. The van der Waals surface area contributed by atoms with E-state index in [9.17, 15) is 14.1 Å². The van der Waals surface area contributed by atoms with Gasteiger partial charge in [-0.15, -0.1) is 11.3 Å². The van der Waals surface area contributed by atoms with Gasteiger partial charge in [-0.05, 0) is 31.9 Å². The van der Waals surface area contributed by atoms with E-state index in [2.05, 4.69) is 15.4 Å². The predicted octanol–water partition coefficient (Wildman–Crippen LogP) is 2.88. The SMILES string of the molecule is C[C@@H]1CCC(c2csc(C(=O)OF)n2)CN1C(=O)c1ccccc1NN. The number of carbonyl (C=O) groups excluding carboxylic acids is 2. The molecular formula is C17H19FN4O3S. The number of rotatable bonds is 4. The van der Waals surface area contributed by atoms with Crippen LogP contribution in [-0.4, -0.2) is 34.3 Å². The number of halogens is 1. The maximum atomic E-state index is 13.0. The van der Waals surface area contributed by atoms with Gasteiger partial charge in [-0.2, -0.15) is 0 Å². The largest absolute Gasteiger partial charge is 0.407 e. The zero-order valence-corrected chi connectivity index (χ0v) is 15.0. The summed E-state index contributed by atoms with van der Waals surface area (Å²) in [6, 6.07) is 7.13. The molecule has 26 heavy (non-hydrogen) atoms. The molecule has 0 aliphatic carbocycles. The first-order valence-corrected chi connectivity index (χ1v) is 9.08. The van der Waals surface area contributed by atoms with Gasteiger partial charge in [0.2, 0.25) is 5.01 Å². The van der Waals surface area contributed by atoms with E-state index in [0.717, 1.165) is 24.2 Å². The molecule has 0 saturated carbocycles. The third-order valence-corrected chi connectivity index (χ3v) is 5.48. The monoisotopic (exact) mass is 378 g/mol. The Labute approximate surface area is 153 Å². The van der Waals surface area contributed by atoms with Crippen LogP contribution in [-0.2, 0) is 4.94 Å². The number of para-hydroxylation sites is 1. The first kappa shape index (κ1) is 18.3. The van der Waals surface area contributed by atoms with Crippen LogP contribution in [0.4, 0.5) is 10.2 Å². The highest BCUT2D eigenvalue weighted by Crippen LogP contribution is 2.32. The van der Waals surface area contributed by atoms with Gasteiger partial charge >= 0.3 is 5.97 Å². The minimum absolute atomic E-state index is 0.0226. The molecule has 1 aliphatic rings. The molecule has 1 amide bonds. The van der Waals surface area contributed by atoms with E-state index in [0.29, 0.717) is 23.5 Å². The maximum absolute atomic E-state index is 13.0. The van der Waals surface area contributed by atoms with Crippen LogP contribution in [0, 0.1) is 0 Å². The number of benzene rings is 1. The van der Waals surface area contributed by atoms with Crippen LogP contribution in [0.1, 0.15) is 51.5 Å². The zero-order valence-electron chi connectivity index (χ0n) is 14.1. The number of aromatic nitrogens is 1. The van der Waals surface area contributed by atoms with Crippen molar-refractivity contribution in [2.75, 3.05) is 12.0 Å². The zero-order chi connectivity index (χ0) is 18.7. The highest BCUT2D eigenvalue weighted by molar-refractivity contribution is 7.11. The molecule has 1 unspecified atom stereocenters. The lowest BCUT2D eigenvalue weighted by Crippen LogP contribution is -2.45. The summed E-state index contributed by atoms with van der Waals surface area (Å²) in [6.45, 7) is 2.46. The summed E-state index contributed by atoms with van der Waals surface area (Å²) in [5, 5.41) is 1.68. The molecular weight excluding hydrogens is 359 g/mol. The van der Waals surface area contributed by atoms with Crippen molar-refractivity contribution in [2.45, 2.75) is 31.7 Å². The second kappa shape index (κ2) is 7.79. The Bertz CT molecular complexity index is 813. The molecule has 0 radical (unpaired) electrons. The van der Waals surface area contributed by atoms with Gasteiger partial charge in [0, 0.05) is 28.4 Å². The fourth-order valence-electron chi connectivity index (χ4n) is 3.18. The molecule has 3 rings (SSSR count). The molecule has 2 atom stereocenters. The molecule has 2 heterocycles. The van der Waals surface area contributed by atoms with E-state index in [1.54, 1.807) is 34.5 Å². The maximum Gasteiger partial charge on any atom is 0.407 e. The molecule has 1 aliphatic heterocycles. The second-order valence-corrected chi connectivity index (χ2v) is 7.07. The molecule has 138 valence electrons.